The average Bonchev–Trinajstić information content (AvgIpc) is 3.27. The number of ketones is 1. The summed E-state index contributed by atoms with van der Waals surface area (Å²) in [5, 5.41) is 0.948. The molecule has 1 aromatic carbocycles. The fourth-order valence-electron chi connectivity index (χ4n) is 3.64. The van der Waals surface area contributed by atoms with Crippen LogP contribution in [0.4, 0.5) is 5.82 Å². The molecular weight excluding hydrogens is 408 g/mol. The number of likely N-dealkylation sites (N-methyl/N-ethyl adjacent to an activating group) is 1. The van der Waals surface area contributed by atoms with E-state index in [1.807, 2.05) is 36.0 Å². The summed E-state index contributed by atoms with van der Waals surface area (Å²) >= 11 is 1.59. The quantitative estimate of drug-likeness (QED) is 0.434. The second kappa shape index (κ2) is 8.13. The number of benzene rings is 1. The molecule has 4 heterocycles. The molecule has 0 radical (unpaired) electrons. The molecule has 1 aliphatic rings. The highest BCUT2D eigenvalue weighted by atomic mass is 32.1. The van der Waals surface area contributed by atoms with Gasteiger partial charge in [0.05, 0.1) is 22.3 Å². The van der Waals surface area contributed by atoms with Gasteiger partial charge in [0.2, 0.25) is 0 Å². The Bertz CT molecular complexity index is 1230. The van der Waals surface area contributed by atoms with Crippen molar-refractivity contribution in [1.82, 2.24) is 24.8 Å². The van der Waals surface area contributed by atoms with Crippen LogP contribution in [0.2, 0.25) is 0 Å². The van der Waals surface area contributed by atoms with Crippen LogP contribution >= 0.6 is 11.3 Å². The van der Waals surface area contributed by atoms with Gasteiger partial charge in [-0.15, -0.1) is 11.3 Å². The third kappa shape index (κ3) is 4.04. The summed E-state index contributed by atoms with van der Waals surface area (Å²) in [6, 6.07) is 10.2. The number of fused-ring (bicyclic) bond motifs is 1. The summed E-state index contributed by atoms with van der Waals surface area (Å²) in [6.07, 6.45) is 5.48. The third-order valence-electron chi connectivity index (χ3n) is 5.65. The smallest absolute Gasteiger partial charge is 0.170 e. The summed E-state index contributed by atoms with van der Waals surface area (Å²) in [5.74, 6) is 1.36. The second-order valence-electron chi connectivity index (χ2n) is 7.95. The fourth-order valence-corrected chi connectivity index (χ4v) is 4.26. The molecule has 0 saturated carbocycles. The Balaban J connectivity index is 1.34. The monoisotopic (exact) mass is 430 g/mol. The van der Waals surface area contributed by atoms with E-state index in [0.29, 0.717) is 17.4 Å². The molecule has 156 valence electrons. The fraction of sp³-hybridized carbons (Fsp3) is 0.261. The second-order valence-corrected chi connectivity index (χ2v) is 8.84. The van der Waals surface area contributed by atoms with E-state index >= 15 is 0 Å². The Morgan fingerprint density at radius 1 is 1.16 bits per heavy atom. The van der Waals surface area contributed by atoms with Crippen molar-refractivity contribution in [3.63, 3.8) is 0 Å². The first-order chi connectivity index (χ1) is 15.1. The number of anilines is 1. The number of hydrogen-bond donors (Lipinski definition) is 0. The van der Waals surface area contributed by atoms with Crippen LogP contribution in [0.15, 0.2) is 54.4 Å². The Morgan fingerprint density at radius 2 is 2.03 bits per heavy atom. The number of nitrogens with zero attached hydrogens (tertiary/aromatic N) is 6. The maximum Gasteiger partial charge on any atom is 0.170 e. The van der Waals surface area contributed by atoms with Gasteiger partial charge in [-0.1, -0.05) is 12.1 Å². The lowest BCUT2D eigenvalue weighted by atomic mass is 10.1. The van der Waals surface area contributed by atoms with Gasteiger partial charge in [-0.05, 0) is 37.9 Å². The van der Waals surface area contributed by atoms with Gasteiger partial charge in [0.1, 0.15) is 11.6 Å². The molecule has 1 fully saturated rings. The van der Waals surface area contributed by atoms with Crippen molar-refractivity contribution in [2.45, 2.75) is 12.5 Å². The number of carbonyl (C=O) groups is 1. The van der Waals surface area contributed by atoms with Crippen LogP contribution in [0, 0.1) is 0 Å². The van der Waals surface area contributed by atoms with Crippen LogP contribution in [0.25, 0.3) is 21.3 Å². The topological polar surface area (TPSA) is 75.1 Å². The van der Waals surface area contributed by atoms with E-state index in [1.54, 1.807) is 29.8 Å². The summed E-state index contributed by atoms with van der Waals surface area (Å²) in [7, 11) is 4.17. The number of aromatic nitrogens is 4. The molecule has 3 aromatic heterocycles. The van der Waals surface area contributed by atoms with E-state index in [9.17, 15) is 4.79 Å². The predicted molar refractivity (Wildman–Crippen MR) is 123 cm³/mol. The van der Waals surface area contributed by atoms with Crippen LogP contribution in [-0.4, -0.2) is 63.8 Å². The van der Waals surface area contributed by atoms with Crippen molar-refractivity contribution < 1.29 is 4.79 Å². The minimum Gasteiger partial charge on any atom is -0.353 e. The molecule has 0 amide bonds. The molecule has 1 saturated heterocycles. The number of Topliss-reactive ketones (excluding diaryl/α,β-unsaturated/α-hetero) is 1. The number of carbonyl (C=O) groups excluding carboxylic acids is 1. The van der Waals surface area contributed by atoms with Gasteiger partial charge >= 0.3 is 0 Å². The first-order valence-electron chi connectivity index (χ1n) is 10.1. The van der Waals surface area contributed by atoms with E-state index in [-0.39, 0.29) is 12.2 Å². The standard InChI is InChI=1S/C23H22N6OS/c1-28(2)18-12-29(13-18)23-8-15(5-6-25-23)20(30)9-22-26-10-17-4-3-16(7-19(17)27-22)21-11-24-14-31-21/h3-8,10-11,14,18H,9,12-13H2,1-2H3. The van der Waals surface area contributed by atoms with E-state index in [1.165, 1.54) is 0 Å². The summed E-state index contributed by atoms with van der Waals surface area (Å²) in [5.41, 5.74) is 4.35. The zero-order valence-electron chi connectivity index (χ0n) is 17.4. The van der Waals surface area contributed by atoms with Gasteiger partial charge in [-0.25, -0.2) is 15.0 Å². The van der Waals surface area contributed by atoms with E-state index in [0.717, 1.165) is 40.3 Å². The lowest BCUT2D eigenvalue weighted by molar-refractivity contribution is 0.0990. The molecule has 0 bridgehead atoms. The zero-order valence-corrected chi connectivity index (χ0v) is 18.2. The molecule has 31 heavy (non-hydrogen) atoms. The first kappa shape index (κ1) is 19.7. The van der Waals surface area contributed by atoms with Crippen LogP contribution in [0.3, 0.4) is 0 Å². The predicted octanol–water partition coefficient (Wildman–Crippen LogP) is 3.32. The molecule has 0 unspecified atom stereocenters. The summed E-state index contributed by atoms with van der Waals surface area (Å²) in [6.45, 7) is 1.85. The average molecular weight is 431 g/mol. The zero-order chi connectivity index (χ0) is 21.4. The van der Waals surface area contributed by atoms with Gasteiger partial charge < -0.3 is 9.80 Å². The molecule has 4 aromatic rings. The van der Waals surface area contributed by atoms with Crippen molar-refractivity contribution in [2.75, 3.05) is 32.1 Å². The molecule has 0 aliphatic carbocycles. The van der Waals surface area contributed by atoms with Gasteiger partial charge in [0, 0.05) is 48.7 Å². The molecular formula is C23H22N6OS. The lowest BCUT2D eigenvalue weighted by Crippen LogP contribution is -2.57. The maximum absolute atomic E-state index is 12.9. The van der Waals surface area contributed by atoms with Crippen molar-refractivity contribution in [3.8, 4) is 10.4 Å². The number of thiazole rings is 1. The highest BCUT2D eigenvalue weighted by molar-refractivity contribution is 7.13. The van der Waals surface area contributed by atoms with Gasteiger partial charge in [0.25, 0.3) is 0 Å². The highest BCUT2D eigenvalue weighted by Gasteiger charge is 2.29. The lowest BCUT2D eigenvalue weighted by Gasteiger charge is -2.43. The largest absolute Gasteiger partial charge is 0.353 e. The number of hydrogen-bond acceptors (Lipinski definition) is 8. The Labute approximate surface area is 184 Å². The van der Waals surface area contributed by atoms with Crippen LogP contribution in [-0.2, 0) is 6.42 Å². The van der Waals surface area contributed by atoms with Gasteiger partial charge in [-0.2, -0.15) is 0 Å². The Morgan fingerprint density at radius 3 is 2.81 bits per heavy atom. The molecule has 7 nitrogen and oxygen atoms in total. The molecule has 5 rings (SSSR count). The van der Waals surface area contributed by atoms with Crippen molar-refractivity contribution >= 4 is 33.8 Å². The maximum atomic E-state index is 12.9. The third-order valence-corrected chi connectivity index (χ3v) is 6.47. The van der Waals surface area contributed by atoms with Crippen LogP contribution in [0.5, 0.6) is 0 Å². The van der Waals surface area contributed by atoms with E-state index in [2.05, 4.69) is 43.8 Å². The molecule has 1 aliphatic heterocycles. The van der Waals surface area contributed by atoms with Gasteiger partial charge in [0.15, 0.2) is 5.78 Å². The minimum absolute atomic E-state index is 0.00806. The highest BCUT2D eigenvalue weighted by Crippen LogP contribution is 2.26. The molecule has 0 atom stereocenters. The van der Waals surface area contributed by atoms with Crippen molar-refractivity contribution in [3.05, 3.63) is 65.8 Å². The minimum atomic E-state index is -0.00806. The molecule has 0 N–H and O–H groups in total. The van der Waals surface area contributed by atoms with Gasteiger partial charge in [-0.3, -0.25) is 9.78 Å². The van der Waals surface area contributed by atoms with Crippen molar-refractivity contribution in [1.29, 1.82) is 0 Å². The van der Waals surface area contributed by atoms with Crippen LogP contribution < -0.4 is 4.90 Å². The molecule has 0 spiro atoms. The Kier molecular flexibility index (Phi) is 5.17. The summed E-state index contributed by atoms with van der Waals surface area (Å²) < 4.78 is 0. The van der Waals surface area contributed by atoms with Crippen LogP contribution in [0.1, 0.15) is 16.2 Å². The Hall–Kier alpha value is -3.23. The number of pyridine rings is 1. The molecule has 8 heteroatoms. The number of rotatable bonds is 6. The van der Waals surface area contributed by atoms with E-state index < -0.39 is 0 Å². The summed E-state index contributed by atoms with van der Waals surface area (Å²) in [4.78, 5) is 36.0. The van der Waals surface area contributed by atoms with E-state index in [4.69, 9.17) is 0 Å². The van der Waals surface area contributed by atoms with Crippen molar-refractivity contribution in [2.24, 2.45) is 0 Å². The first-order valence-corrected chi connectivity index (χ1v) is 11.0. The normalized spacial score (nSPS) is 14.2. The SMILES string of the molecule is CN(C)C1CN(c2cc(C(=O)Cc3ncc4ccc(-c5cncs5)cc4n3)ccn2)C1.